The first-order chi connectivity index (χ1) is 7.16. The van der Waals surface area contributed by atoms with Crippen molar-refractivity contribution >= 4 is 5.91 Å². The SMILES string of the molecule is CC(CC#N)N(C)C(=O)C1C2CCCC21. The van der Waals surface area contributed by atoms with Crippen LogP contribution in [0.25, 0.3) is 0 Å². The Morgan fingerprint density at radius 2 is 2.13 bits per heavy atom. The van der Waals surface area contributed by atoms with Crippen molar-refractivity contribution in [1.82, 2.24) is 4.90 Å². The van der Waals surface area contributed by atoms with Crippen LogP contribution < -0.4 is 0 Å². The molecule has 15 heavy (non-hydrogen) atoms. The van der Waals surface area contributed by atoms with Gasteiger partial charge in [-0.25, -0.2) is 0 Å². The van der Waals surface area contributed by atoms with Gasteiger partial charge >= 0.3 is 0 Å². The highest BCUT2D eigenvalue weighted by Crippen LogP contribution is 2.58. The highest BCUT2D eigenvalue weighted by Gasteiger charge is 2.57. The molecule has 0 N–H and O–H groups in total. The summed E-state index contributed by atoms with van der Waals surface area (Å²) in [7, 11) is 1.83. The second-order valence-electron chi connectivity index (χ2n) is 4.94. The molecule has 2 saturated carbocycles. The van der Waals surface area contributed by atoms with Crippen molar-refractivity contribution in [3.63, 3.8) is 0 Å². The molecule has 2 aliphatic carbocycles. The van der Waals surface area contributed by atoms with Crippen molar-refractivity contribution in [2.24, 2.45) is 17.8 Å². The van der Waals surface area contributed by atoms with E-state index in [1.807, 2.05) is 14.0 Å². The molecule has 2 rings (SSSR count). The maximum Gasteiger partial charge on any atom is 0.226 e. The molecule has 1 amide bonds. The Hall–Kier alpha value is -1.04. The van der Waals surface area contributed by atoms with Crippen LogP contribution in [0.1, 0.15) is 32.6 Å². The number of amides is 1. The zero-order chi connectivity index (χ0) is 11.0. The number of rotatable bonds is 3. The van der Waals surface area contributed by atoms with Crippen LogP contribution >= 0.6 is 0 Å². The van der Waals surface area contributed by atoms with E-state index < -0.39 is 0 Å². The number of nitrogens with zero attached hydrogens (tertiary/aromatic N) is 2. The van der Waals surface area contributed by atoms with Gasteiger partial charge in [-0.3, -0.25) is 4.79 Å². The van der Waals surface area contributed by atoms with Crippen LogP contribution in [0, 0.1) is 29.1 Å². The highest BCUT2D eigenvalue weighted by atomic mass is 16.2. The molecule has 0 saturated heterocycles. The number of hydrogen-bond acceptors (Lipinski definition) is 2. The summed E-state index contributed by atoms with van der Waals surface area (Å²) in [6, 6.07) is 2.18. The molecule has 2 aliphatic rings. The molecule has 3 unspecified atom stereocenters. The van der Waals surface area contributed by atoms with E-state index in [1.165, 1.54) is 19.3 Å². The summed E-state index contributed by atoms with van der Waals surface area (Å²) < 4.78 is 0. The Morgan fingerprint density at radius 1 is 1.53 bits per heavy atom. The minimum atomic E-state index is 0.0591. The van der Waals surface area contributed by atoms with Crippen LogP contribution in [0.15, 0.2) is 0 Å². The molecule has 0 aromatic heterocycles. The lowest BCUT2D eigenvalue weighted by Crippen LogP contribution is -2.36. The van der Waals surface area contributed by atoms with E-state index in [0.717, 1.165) is 0 Å². The van der Waals surface area contributed by atoms with Gasteiger partial charge in [0.1, 0.15) is 0 Å². The minimum Gasteiger partial charge on any atom is -0.342 e. The highest BCUT2D eigenvalue weighted by molar-refractivity contribution is 5.82. The molecule has 0 aliphatic heterocycles. The topological polar surface area (TPSA) is 44.1 Å². The summed E-state index contributed by atoms with van der Waals surface area (Å²) in [4.78, 5) is 13.8. The maximum absolute atomic E-state index is 12.1. The first-order valence-electron chi connectivity index (χ1n) is 5.80. The van der Waals surface area contributed by atoms with Gasteiger partial charge < -0.3 is 4.90 Å². The third-order valence-electron chi connectivity index (χ3n) is 4.09. The van der Waals surface area contributed by atoms with Crippen LogP contribution in [0.2, 0.25) is 0 Å². The average Bonchev–Trinajstić information content (AvgIpc) is 2.69. The smallest absolute Gasteiger partial charge is 0.226 e. The Bertz CT molecular complexity index is 297. The van der Waals surface area contributed by atoms with E-state index in [1.54, 1.807) is 4.90 Å². The van der Waals surface area contributed by atoms with Gasteiger partial charge in [0, 0.05) is 19.0 Å². The molecule has 0 spiro atoms. The molecule has 3 atom stereocenters. The van der Waals surface area contributed by atoms with E-state index in [-0.39, 0.29) is 11.9 Å². The maximum atomic E-state index is 12.1. The predicted octanol–water partition coefficient (Wildman–Crippen LogP) is 1.79. The Morgan fingerprint density at radius 3 is 2.67 bits per heavy atom. The van der Waals surface area contributed by atoms with Gasteiger partial charge in [-0.15, -0.1) is 0 Å². The molecule has 3 nitrogen and oxygen atoms in total. The first-order valence-corrected chi connectivity index (χ1v) is 5.80. The molecule has 0 heterocycles. The van der Waals surface area contributed by atoms with Crippen LogP contribution in [0.4, 0.5) is 0 Å². The molecule has 82 valence electrons. The molecule has 0 aromatic rings. The van der Waals surface area contributed by atoms with Gasteiger partial charge in [0.25, 0.3) is 0 Å². The van der Waals surface area contributed by atoms with Gasteiger partial charge in [0.2, 0.25) is 5.91 Å². The molecule has 0 aromatic carbocycles. The Kier molecular flexibility index (Phi) is 2.68. The number of hydrogen-bond donors (Lipinski definition) is 0. The van der Waals surface area contributed by atoms with Crippen molar-refractivity contribution in [3.05, 3.63) is 0 Å². The van der Waals surface area contributed by atoms with Crippen LogP contribution in [0.5, 0.6) is 0 Å². The van der Waals surface area contributed by atoms with Gasteiger partial charge in [-0.05, 0) is 31.6 Å². The van der Waals surface area contributed by atoms with Crippen molar-refractivity contribution in [3.8, 4) is 6.07 Å². The third kappa shape index (κ3) is 1.73. The first kappa shape index (κ1) is 10.5. The van der Waals surface area contributed by atoms with Gasteiger partial charge in [-0.1, -0.05) is 6.42 Å². The van der Waals surface area contributed by atoms with Gasteiger partial charge in [0.05, 0.1) is 12.5 Å². The average molecular weight is 206 g/mol. The fraction of sp³-hybridized carbons (Fsp3) is 0.833. The van der Waals surface area contributed by atoms with Crippen molar-refractivity contribution in [1.29, 1.82) is 5.26 Å². The monoisotopic (exact) mass is 206 g/mol. The largest absolute Gasteiger partial charge is 0.342 e. The fourth-order valence-corrected chi connectivity index (χ4v) is 2.91. The number of nitriles is 1. The standard InChI is InChI=1S/C12H18N2O/c1-8(6-7-13)14(2)12(15)11-9-4-3-5-10(9)11/h8-11H,3-6H2,1-2H3. The Balaban J connectivity index is 1.89. The summed E-state index contributed by atoms with van der Waals surface area (Å²) in [5, 5.41) is 8.59. The lowest BCUT2D eigenvalue weighted by Gasteiger charge is -2.23. The number of fused-ring (bicyclic) bond motifs is 1. The van der Waals surface area contributed by atoms with E-state index in [4.69, 9.17) is 5.26 Å². The molecular weight excluding hydrogens is 188 g/mol. The predicted molar refractivity (Wildman–Crippen MR) is 56.8 cm³/mol. The normalized spacial score (nSPS) is 34.1. The molecule has 0 bridgehead atoms. The third-order valence-corrected chi connectivity index (χ3v) is 4.09. The minimum absolute atomic E-state index is 0.0591. The summed E-state index contributed by atoms with van der Waals surface area (Å²) in [5.41, 5.74) is 0. The van der Waals surface area contributed by atoms with Gasteiger partial charge in [-0.2, -0.15) is 5.26 Å². The van der Waals surface area contributed by atoms with E-state index >= 15 is 0 Å². The van der Waals surface area contributed by atoms with E-state index in [2.05, 4.69) is 6.07 Å². The number of carbonyl (C=O) groups excluding carboxylic acids is 1. The molecule has 2 fully saturated rings. The second-order valence-corrected chi connectivity index (χ2v) is 4.94. The summed E-state index contributed by atoms with van der Waals surface area (Å²) >= 11 is 0. The van der Waals surface area contributed by atoms with Crippen molar-refractivity contribution < 1.29 is 4.79 Å². The number of carbonyl (C=O) groups is 1. The summed E-state index contributed by atoms with van der Waals surface area (Å²) in [6.45, 7) is 1.94. The quantitative estimate of drug-likeness (QED) is 0.706. The van der Waals surface area contributed by atoms with Crippen LogP contribution in [0.3, 0.4) is 0 Å². The second kappa shape index (κ2) is 3.84. The zero-order valence-corrected chi connectivity index (χ0v) is 9.44. The summed E-state index contributed by atoms with van der Waals surface area (Å²) in [6.07, 6.45) is 4.21. The summed E-state index contributed by atoms with van der Waals surface area (Å²) in [5.74, 6) is 1.92. The fourth-order valence-electron chi connectivity index (χ4n) is 2.91. The lowest BCUT2D eigenvalue weighted by molar-refractivity contribution is -0.133. The molecule has 3 heteroatoms. The lowest BCUT2D eigenvalue weighted by atomic mass is 10.1. The Labute approximate surface area is 91.1 Å². The van der Waals surface area contributed by atoms with Crippen LogP contribution in [-0.2, 0) is 4.79 Å². The van der Waals surface area contributed by atoms with Crippen LogP contribution in [-0.4, -0.2) is 23.9 Å². The zero-order valence-electron chi connectivity index (χ0n) is 9.44. The van der Waals surface area contributed by atoms with E-state index in [0.29, 0.717) is 24.2 Å². The molecule has 0 radical (unpaired) electrons. The van der Waals surface area contributed by atoms with Crippen molar-refractivity contribution in [2.45, 2.75) is 38.6 Å². The molecular formula is C12H18N2O. The van der Waals surface area contributed by atoms with Crippen molar-refractivity contribution in [2.75, 3.05) is 7.05 Å². The van der Waals surface area contributed by atoms with E-state index in [9.17, 15) is 4.79 Å². The van der Waals surface area contributed by atoms with Gasteiger partial charge in [0.15, 0.2) is 0 Å².